The lowest BCUT2D eigenvalue weighted by Crippen LogP contribution is -1.98. The predicted octanol–water partition coefficient (Wildman–Crippen LogP) is 2.36. The molecule has 0 saturated carbocycles. The van der Waals surface area contributed by atoms with Crippen LogP contribution in [-0.2, 0) is 0 Å². The number of hydrogen-bond donors (Lipinski definition) is 0. The Kier molecular flexibility index (Phi) is 2.05. The fraction of sp³-hybridized carbons (Fsp3) is 0. The third-order valence-corrected chi connectivity index (χ3v) is 3.07. The number of hydrogen-bond acceptors (Lipinski definition) is 4. The smallest absolute Gasteiger partial charge is 0.155 e. The molecule has 0 fully saturated rings. The molecule has 0 N–H and O–H groups in total. The molecule has 0 amide bonds. The van der Waals surface area contributed by atoms with Gasteiger partial charge in [-0.1, -0.05) is 23.4 Å². The molecule has 0 radical (unpaired) electrons. The highest BCUT2D eigenvalue weighted by Crippen LogP contribution is 2.22. The van der Waals surface area contributed by atoms with Crippen molar-refractivity contribution in [1.29, 1.82) is 0 Å². The summed E-state index contributed by atoms with van der Waals surface area (Å²) in [6.07, 6.45) is 5.19. The van der Waals surface area contributed by atoms with Crippen LogP contribution >= 0.6 is 0 Å². The fourth-order valence-electron chi connectivity index (χ4n) is 2.17. The summed E-state index contributed by atoms with van der Waals surface area (Å²) < 4.78 is 1.64. The molecule has 0 spiro atoms. The Balaban J connectivity index is 2.09. The molecule has 0 atom stereocenters. The molecule has 0 aliphatic carbocycles. The Hall–Kier alpha value is -2.82. The topological polar surface area (TPSA) is 56.5 Å². The number of benzene rings is 1. The zero-order valence-corrected chi connectivity index (χ0v) is 9.93. The van der Waals surface area contributed by atoms with Crippen LogP contribution in [0, 0.1) is 0 Å². The Morgan fingerprint density at radius 1 is 0.842 bits per heavy atom. The predicted molar refractivity (Wildman–Crippen MR) is 72.0 cm³/mol. The van der Waals surface area contributed by atoms with Gasteiger partial charge in [0.25, 0.3) is 0 Å². The molecule has 5 nitrogen and oxygen atoms in total. The first-order chi connectivity index (χ1) is 9.42. The molecule has 90 valence electrons. The lowest BCUT2D eigenvalue weighted by molar-refractivity contribution is 0.785. The van der Waals surface area contributed by atoms with Crippen LogP contribution in [0.1, 0.15) is 0 Å². The Morgan fingerprint density at radius 3 is 2.53 bits per heavy atom. The van der Waals surface area contributed by atoms with E-state index in [1.165, 1.54) is 0 Å². The number of aromatic nitrogens is 5. The highest BCUT2D eigenvalue weighted by atomic mass is 15.4. The van der Waals surface area contributed by atoms with Crippen molar-refractivity contribution in [1.82, 2.24) is 25.0 Å². The molecule has 19 heavy (non-hydrogen) atoms. The van der Waals surface area contributed by atoms with E-state index in [1.807, 2.05) is 24.3 Å². The second kappa shape index (κ2) is 3.84. The molecular formula is C14H9N5. The van der Waals surface area contributed by atoms with Gasteiger partial charge in [-0.2, -0.15) is 0 Å². The van der Waals surface area contributed by atoms with Gasteiger partial charge in [-0.25, -0.2) is 9.67 Å². The van der Waals surface area contributed by atoms with Gasteiger partial charge in [-0.3, -0.25) is 4.98 Å². The van der Waals surface area contributed by atoms with Crippen LogP contribution in [0.25, 0.3) is 27.6 Å². The van der Waals surface area contributed by atoms with Gasteiger partial charge < -0.3 is 0 Å². The van der Waals surface area contributed by atoms with Crippen LogP contribution in [0.4, 0.5) is 0 Å². The van der Waals surface area contributed by atoms with Crippen molar-refractivity contribution in [3.05, 3.63) is 55.0 Å². The van der Waals surface area contributed by atoms with E-state index in [4.69, 9.17) is 0 Å². The summed E-state index contributed by atoms with van der Waals surface area (Å²) in [5, 5.41) is 9.90. The van der Waals surface area contributed by atoms with Crippen LogP contribution in [0.5, 0.6) is 0 Å². The van der Waals surface area contributed by atoms with Crippen LogP contribution in [-0.4, -0.2) is 25.0 Å². The first-order valence-electron chi connectivity index (χ1n) is 5.93. The van der Waals surface area contributed by atoms with Gasteiger partial charge in [0.05, 0.1) is 23.4 Å². The minimum Gasteiger partial charge on any atom is -0.254 e. The molecule has 0 aliphatic rings. The maximum Gasteiger partial charge on any atom is 0.155 e. The van der Waals surface area contributed by atoms with E-state index in [1.54, 1.807) is 23.3 Å². The quantitative estimate of drug-likeness (QED) is 0.484. The van der Waals surface area contributed by atoms with Crippen LogP contribution < -0.4 is 0 Å². The average Bonchev–Trinajstić information content (AvgIpc) is 3.01. The maximum absolute atomic E-state index is 4.64. The average molecular weight is 247 g/mol. The summed E-state index contributed by atoms with van der Waals surface area (Å²) in [6, 6.07) is 12.0. The van der Waals surface area contributed by atoms with Crippen LogP contribution in [0.2, 0.25) is 0 Å². The Labute approximate surface area is 108 Å². The van der Waals surface area contributed by atoms with Gasteiger partial charge in [0, 0.05) is 17.0 Å². The van der Waals surface area contributed by atoms with Crippen molar-refractivity contribution in [3.63, 3.8) is 0 Å². The Bertz CT molecular complexity index is 867. The first kappa shape index (κ1) is 10.1. The second-order valence-electron chi connectivity index (χ2n) is 4.23. The summed E-state index contributed by atoms with van der Waals surface area (Å²) in [6.45, 7) is 0. The molecule has 4 aromatic rings. The summed E-state index contributed by atoms with van der Waals surface area (Å²) in [5.74, 6) is 0.739. The van der Waals surface area contributed by atoms with E-state index >= 15 is 0 Å². The molecular weight excluding hydrogens is 238 g/mol. The SMILES string of the molecule is c1cnc2c(c1)ccc1ccc(-n3ccnn3)nc12. The third kappa shape index (κ3) is 1.55. The van der Waals surface area contributed by atoms with Crippen molar-refractivity contribution < 1.29 is 0 Å². The zero-order chi connectivity index (χ0) is 12.7. The second-order valence-corrected chi connectivity index (χ2v) is 4.23. The molecule has 5 heteroatoms. The standard InChI is InChI=1S/C14H9N5/c1-2-10-3-4-11-5-6-12(19-9-8-16-18-19)17-14(11)13(10)15-7-1/h1-9H. The molecule has 4 rings (SSSR count). The molecule has 0 unspecified atom stereocenters. The number of nitrogens with zero attached hydrogens (tertiary/aromatic N) is 5. The fourth-order valence-corrected chi connectivity index (χ4v) is 2.17. The summed E-state index contributed by atoms with van der Waals surface area (Å²) in [4.78, 5) is 9.07. The number of pyridine rings is 2. The van der Waals surface area contributed by atoms with Gasteiger partial charge in [-0.15, -0.1) is 5.10 Å². The lowest BCUT2D eigenvalue weighted by atomic mass is 10.1. The first-order valence-corrected chi connectivity index (χ1v) is 5.93. The van der Waals surface area contributed by atoms with Gasteiger partial charge in [0.2, 0.25) is 0 Å². The van der Waals surface area contributed by atoms with Crippen molar-refractivity contribution in [2.75, 3.05) is 0 Å². The van der Waals surface area contributed by atoms with Gasteiger partial charge in [0.1, 0.15) is 0 Å². The maximum atomic E-state index is 4.64. The molecule has 0 saturated heterocycles. The van der Waals surface area contributed by atoms with E-state index in [9.17, 15) is 0 Å². The highest BCUT2D eigenvalue weighted by molar-refractivity contribution is 6.02. The van der Waals surface area contributed by atoms with E-state index in [2.05, 4.69) is 32.4 Å². The van der Waals surface area contributed by atoms with Gasteiger partial charge in [0.15, 0.2) is 5.82 Å². The van der Waals surface area contributed by atoms with Crippen molar-refractivity contribution in [2.24, 2.45) is 0 Å². The zero-order valence-electron chi connectivity index (χ0n) is 9.93. The minimum atomic E-state index is 0.739. The largest absolute Gasteiger partial charge is 0.254 e. The monoisotopic (exact) mass is 247 g/mol. The summed E-state index contributed by atoms with van der Waals surface area (Å²) in [5.41, 5.74) is 1.79. The number of rotatable bonds is 1. The normalized spacial score (nSPS) is 11.2. The molecule has 0 aliphatic heterocycles. The van der Waals surface area contributed by atoms with Crippen LogP contribution in [0.3, 0.4) is 0 Å². The van der Waals surface area contributed by atoms with E-state index in [0.717, 1.165) is 27.6 Å². The molecule has 0 bridgehead atoms. The van der Waals surface area contributed by atoms with E-state index in [0.29, 0.717) is 0 Å². The van der Waals surface area contributed by atoms with Crippen molar-refractivity contribution >= 4 is 21.8 Å². The lowest BCUT2D eigenvalue weighted by Gasteiger charge is -2.04. The molecule has 3 heterocycles. The van der Waals surface area contributed by atoms with Gasteiger partial charge >= 0.3 is 0 Å². The minimum absolute atomic E-state index is 0.739. The third-order valence-electron chi connectivity index (χ3n) is 3.07. The van der Waals surface area contributed by atoms with Crippen molar-refractivity contribution in [2.45, 2.75) is 0 Å². The Morgan fingerprint density at radius 2 is 1.68 bits per heavy atom. The number of fused-ring (bicyclic) bond motifs is 3. The molecule has 1 aromatic carbocycles. The van der Waals surface area contributed by atoms with Gasteiger partial charge in [-0.05, 0) is 18.2 Å². The van der Waals surface area contributed by atoms with Crippen molar-refractivity contribution in [3.8, 4) is 5.82 Å². The van der Waals surface area contributed by atoms with E-state index in [-0.39, 0.29) is 0 Å². The van der Waals surface area contributed by atoms with E-state index < -0.39 is 0 Å². The van der Waals surface area contributed by atoms with Crippen LogP contribution in [0.15, 0.2) is 55.0 Å². The molecule has 3 aromatic heterocycles. The summed E-state index contributed by atoms with van der Waals surface area (Å²) >= 11 is 0. The summed E-state index contributed by atoms with van der Waals surface area (Å²) in [7, 11) is 0. The highest BCUT2D eigenvalue weighted by Gasteiger charge is 2.05.